The van der Waals surface area contributed by atoms with Gasteiger partial charge in [0, 0.05) is 29.0 Å². The highest BCUT2D eigenvalue weighted by molar-refractivity contribution is 6.30. The fourth-order valence-corrected chi connectivity index (χ4v) is 3.97. The lowest BCUT2D eigenvalue weighted by atomic mass is 9.71. The summed E-state index contributed by atoms with van der Waals surface area (Å²) in [6.07, 6.45) is 0.962. The van der Waals surface area contributed by atoms with Crippen LogP contribution in [0.4, 0.5) is 0 Å². The minimum absolute atomic E-state index is 0.0289. The maximum Gasteiger partial charge on any atom is 0.205 e. The number of halogens is 1. The molecule has 6 heteroatoms. The van der Waals surface area contributed by atoms with Crippen molar-refractivity contribution in [2.24, 2.45) is 11.1 Å². The van der Waals surface area contributed by atoms with Crippen molar-refractivity contribution in [2.45, 2.75) is 32.6 Å². The van der Waals surface area contributed by atoms with E-state index >= 15 is 0 Å². The van der Waals surface area contributed by atoms with E-state index in [2.05, 4.69) is 6.07 Å². The Morgan fingerprint density at radius 3 is 2.57 bits per heavy atom. The molecule has 1 aromatic heterocycles. The first-order valence-corrected chi connectivity index (χ1v) is 9.36. The van der Waals surface area contributed by atoms with Gasteiger partial charge in [-0.25, -0.2) is 0 Å². The van der Waals surface area contributed by atoms with Gasteiger partial charge in [0.1, 0.15) is 28.9 Å². The maximum absolute atomic E-state index is 12.9. The van der Waals surface area contributed by atoms with Crippen LogP contribution in [-0.2, 0) is 9.53 Å². The van der Waals surface area contributed by atoms with Gasteiger partial charge in [0.15, 0.2) is 5.78 Å². The zero-order chi connectivity index (χ0) is 20.1. The smallest absolute Gasteiger partial charge is 0.205 e. The molecule has 142 valence electrons. The number of ether oxygens (including phenoxy) is 1. The highest BCUT2D eigenvalue weighted by Crippen LogP contribution is 2.48. The number of carbonyl (C=O) groups is 1. The zero-order valence-electron chi connectivity index (χ0n) is 15.6. The molecule has 0 spiro atoms. The van der Waals surface area contributed by atoms with Crippen molar-refractivity contribution in [1.82, 2.24) is 0 Å². The second-order valence-electron chi connectivity index (χ2n) is 7.91. The predicted molar refractivity (Wildman–Crippen MR) is 105 cm³/mol. The minimum Gasteiger partial charge on any atom is -0.460 e. The number of furan rings is 1. The molecular weight excluding hydrogens is 376 g/mol. The lowest BCUT2D eigenvalue weighted by Gasteiger charge is -2.36. The molecule has 1 aliphatic heterocycles. The van der Waals surface area contributed by atoms with E-state index < -0.39 is 5.92 Å². The molecule has 2 aromatic rings. The van der Waals surface area contributed by atoms with Crippen molar-refractivity contribution in [3.05, 3.63) is 70.0 Å². The Kier molecular flexibility index (Phi) is 4.32. The van der Waals surface area contributed by atoms with Crippen LogP contribution in [0.3, 0.4) is 0 Å². The van der Waals surface area contributed by atoms with Gasteiger partial charge >= 0.3 is 0 Å². The summed E-state index contributed by atoms with van der Waals surface area (Å²) in [5.74, 6) is 0.987. The van der Waals surface area contributed by atoms with Crippen molar-refractivity contribution < 1.29 is 13.9 Å². The van der Waals surface area contributed by atoms with Gasteiger partial charge in [0.05, 0.1) is 5.92 Å². The third-order valence-corrected chi connectivity index (χ3v) is 5.37. The SMILES string of the molecule is CC1(C)CC(=O)C2=C(C1)OC(N)=C(C#N)C2c1ccc(-c2ccc(Cl)cc2)o1. The molecule has 5 nitrogen and oxygen atoms in total. The van der Waals surface area contributed by atoms with Gasteiger partial charge in [-0.1, -0.05) is 25.4 Å². The van der Waals surface area contributed by atoms with Crippen molar-refractivity contribution in [1.29, 1.82) is 5.26 Å². The molecule has 1 aliphatic carbocycles. The number of nitriles is 1. The van der Waals surface area contributed by atoms with Crippen LogP contribution in [0.1, 0.15) is 38.4 Å². The minimum atomic E-state index is -0.654. The quantitative estimate of drug-likeness (QED) is 0.769. The van der Waals surface area contributed by atoms with E-state index in [1.165, 1.54) is 0 Å². The summed E-state index contributed by atoms with van der Waals surface area (Å²) in [6.45, 7) is 4.02. The molecule has 0 bridgehead atoms. The largest absolute Gasteiger partial charge is 0.460 e. The van der Waals surface area contributed by atoms with Crippen LogP contribution >= 0.6 is 11.6 Å². The Morgan fingerprint density at radius 1 is 1.18 bits per heavy atom. The molecule has 2 N–H and O–H groups in total. The van der Waals surface area contributed by atoms with Crippen molar-refractivity contribution >= 4 is 17.4 Å². The third kappa shape index (κ3) is 3.10. The van der Waals surface area contributed by atoms with Crippen LogP contribution in [0, 0.1) is 16.7 Å². The number of carbonyl (C=O) groups excluding carboxylic acids is 1. The predicted octanol–water partition coefficient (Wildman–Crippen LogP) is 5.05. The second-order valence-corrected chi connectivity index (χ2v) is 8.35. The van der Waals surface area contributed by atoms with Gasteiger partial charge in [-0.05, 0) is 41.8 Å². The standard InChI is InChI=1S/C22H19ClN2O3/c1-22(2)9-15(26)20-18(10-22)28-21(25)14(11-24)19(20)17-8-7-16(27-17)12-3-5-13(23)6-4-12/h3-8,19H,9-10,25H2,1-2H3. The molecule has 1 atom stereocenters. The molecular formula is C22H19ClN2O3. The number of allylic oxidation sites excluding steroid dienone is 3. The van der Waals surface area contributed by atoms with Gasteiger partial charge < -0.3 is 14.9 Å². The van der Waals surface area contributed by atoms with E-state index in [1.807, 2.05) is 32.0 Å². The van der Waals surface area contributed by atoms with Crippen LogP contribution in [0.2, 0.25) is 5.02 Å². The normalized spacial score (nSPS) is 21.2. The molecule has 0 fully saturated rings. The summed E-state index contributed by atoms with van der Waals surface area (Å²) in [5, 5.41) is 10.3. The Bertz CT molecular complexity index is 1070. The molecule has 2 aliphatic rings. The zero-order valence-corrected chi connectivity index (χ0v) is 16.3. The van der Waals surface area contributed by atoms with Gasteiger partial charge in [-0.15, -0.1) is 0 Å². The van der Waals surface area contributed by atoms with Gasteiger partial charge in [-0.3, -0.25) is 4.79 Å². The van der Waals surface area contributed by atoms with Gasteiger partial charge in [-0.2, -0.15) is 5.26 Å². The molecule has 0 saturated heterocycles. The molecule has 28 heavy (non-hydrogen) atoms. The lowest BCUT2D eigenvalue weighted by molar-refractivity contribution is -0.119. The molecule has 0 saturated carbocycles. The number of nitrogens with two attached hydrogens (primary N) is 1. The van der Waals surface area contributed by atoms with E-state index in [0.29, 0.717) is 40.7 Å². The summed E-state index contributed by atoms with van der Waals surface area (Å²) >= 11 is 5.95. The van der Waals surface area contributed by atoms with Crippen molar-refractivity contribution in [3.8, 4) is 17.4 Å². The Hall–Kier alpha value is -2.97. The third-order valence-electron chi connectivity index (χ3n) is 5.12. The molecule has 4 rings (SSSR count). The first kappa shape index (κ1) is 18.4. The molecule has 1 aromatic carbocycles. The highest BCUT2D eigenvalue weighted by Gasteiger charge is 2.44. The van der Waals surface area contributed by atoms with E-state index in [-0.39, 0.29) is 22.7 Å². The summed E-state index contributed by atoms with van der Waals surface area (Å²) in [5.41, 5.74) is 7.33. The number of hydrogen-bond donors (Lipinski definition) is 1. The van der Waals surface area contributed by atoms with Crippen LogP contribution in [-0.4, -0.2) is 5.78 Å². The van der Waals surface area contributed by atoms with Crippen molar-refractivity contribution in [3.63, 3.8) is 0 Å². The Morgan fingerprint density at radius 2 is 1.89 bits per heavy atom. The first-order chi connectivity index (χ1) is 13.3. The molecule has 0 radical (unpaired) electrons. The van der Waals surface area contributed by atoms with E-state index in [4.69, 9.17) is 26.5 Å². The molecule has 1 unspecified atom stereocenters. The summed E-state index contributed by atoms with van der Waals surface area (Å²) in [4.78, 5) is 12.9. The summed E-state index contributed by atoms with van der Waals surface area (Å²) in [7, 11) is 0. The average molecular weight is 395 g/mol. The summed E-state index contributed by atoms with van der Waals surface area (Å²) < 4.78 is 11.7. The van der Waals surface area contributed by atoms with E-state index in [0.717, 1.165) is 5.56 Å². The van der Waals surface area contributed by atoms with Crippen LogP contribution < -0.4 is 5.73 Å². The maximum atomic E-state index is 12.9. The van der Waals surface area contributed by atoms with Crippen LogP contribution in [0.5, 0.6) is 0 Å². The first-order valence-electron chi connectivity index (χ1n) is 8.98. The van der Waals surface area contributed by atoms with Gasteiger partial charge in [0.25, 0.3) is 0 Å². The topological polar surface area (TPSA) is 89.2 Å². The average Bonchev–Trinajstić information content (AvgIpc) is 3.09. The molecule has 0 amide bonds. The Balaban J connectivity index is 1.81. The number of benzene rings is 1. The molecule has 2 heterocycles. The van der Waals surface area contributed by atoms with Crippen LogP contribution in [0.25, 0.3) is 11.3 Å². The number of Topliss-reactive ketones (excluding diaryl/α,β-unsaturated/α-hetero) is 1. The number of hydrogen-bond acceptors (Lipinski definition) is 5. The monoisotopic (exact) mass is 394 g/mol. The summed E-state index contributed by atoms with van der Waals surface area (Å²) in [6, 6.07) is 13.0. The fourth-order valence-electron chi connectivity index (χ4n) is 3.85. The second kappa shape index (κ2) is 6.57. The fraction of sp³-hybridized carbons (Fsp3) is 0.273. The van der Waals surface area contributed by atoms with E-state index in [9.17, 15) is 10.1 Å². The van der Waals surface area contributed by atoms with Crippen molar-refractivity contribution in [2.75, 3.05) is 0 Å². The lowest BCUT2D eigenvalue weighted by Crippen LogP contribution is -2.33. The van der Waals surface area contributed by atoms with E-state index in [1.54, 1.807) is 18.2 Å². The number of rotatable bonds is 2. The van der Waals surface area contributed by atoms with Crippen LogP contribution in [0.15, 0.2) is 63.6 Å². The highest BCUT2D eigenvalue weighted by atomic mass is 35.5. The number of nitrogens with zero attached hydrogens (tertiary/aromatic N) is 1. The van der Waals surface area contributed by atoms with Gasteiger partial charge in [0.2, 0.25) is 5.88 Å². The number of ketones is 1. The Labute approximate surface area is 168 Å².